The number of rotatable bonds is 8. The van der Waals surface area contributed by atoms with E-state index in [-0.39, 0.29) is 36.3 Å². The fourth-order valence-corrected chi connectivity index (χ4v) is 6.85. The summed E-state index contributed by atoms with van der Waals surface area (Å²) in [7, 11) is -4.46. The Morgan fingerprint density at radius 2 is 1.53 bits per heavy atom. The van der Waals surface area contributed by atoms with Crippen LogP contribution in [0.2, 0.25) is 0 Å². The summed E-state index contributed by atoms with van der Waals surface area (Å²) < 4.78 is 112. The molecule has 45 heavy (non-hydrogen) atoms. The summed E-state index contributed by atoms with van der Waals surface area (Å²) in [5.74, 6) is -1.91. The number of hydrogen-bond acceptors (Lipinski definition) is 10. The van der Waals surface area contributed by atoms with Crippen LogP contribution in [-0.4, -0.2) is 71.6 Å². The van der Waals surface area contributed by atoms with Crippen LogP contribution in [0, 0.1) is 0 Å². The van der Waals surface area contributed by atoms with Gasteiger partial charge in [0.2, 0.25) is 26.0 Å². The fraction of sp³-hybridized carbons (Fsp3) is 0.280. The molecular formula is C25H20F6N6O6S2. The van der Waals surface area contributed by atoms with Crippen LogP contribution in [0.3, 0.4) is 0 Å². The second-order valence-electron chi connectivity index (χ2n) is 9.37. The molecule has 20 heteroatoms. The maximum absolute atomic E-state index is 13.6. The molecule has 1 aliphatic heterocycles. The first-order valence-electron chi connectivity index (χ1n) is 12.7. The van der Waals surface area contributed by atoms with Crippen LogP contribution in [-0.2, 0) is 21.4 Å². The van der Waals surface area contributed by atoms with Crippen LogP contribution in [0.4, 0.5) is 31.5 Å². The van der Waals surface area contributed by atoms with E-state index in [2.05, 4.69) is 24.9 Å². The van der Waals surface area contributed by atoms with Crippen molar-refractivity contribution in [2.45, 2.75) is 30.2 Å². The van der Waals surface area contributed by atoms with Crippen LogP contribution in [0.5, 0.6) is 11.5 Å². The van der Waals surface area contributed by atoms with Crippen molar-refractivity contribution in [3.63, 3.8) is 0 Å². The highest BCUT2D eigenvalue weighted by atomic mass is 32.2. The van der Waals surface area contributed by atoms with Crippen LogP contribution >= 0.6 is 11.3 Å². The number of sulfonamides is 1. The van der Waals surface area contributed by atoms with Gasteiger partial charge in [-0.05, 0) is 42.0 Å². The lowest BCUT2D eigenvalue weighted by molar-refractivity contribution is -0.275. The van der Waals surface area contributed by atoms with Gasteiger partial charge in [0.15, 0.2) is 0 Å². The normalized spacial score (nSPS) is 16.5. The van der Waals surface area contributed by atoms with E-state index in [1.54, 1.807) is 4.90 Å². The van der Waals surface area contributed by atoms with E-state index < -0.39 is 56.7 Å². The summed E-state index contributed by atoms with van der Waals surface area (Å²) in [6.45, 7) is -0.677. The Hall–Kier alpha value is -4.43. The first kappa shape index (κ1) is 32.0. The molecule has 0 unspecified atom stereocenters. The predicted octanol–water partition coefficient (Wildman–Crippen LogP) is 3.14. The number of amides is 1. The molecule has 240 valence electrons. The zero-order valence-electron chi connectivity index (χ0n) is 22.4. The van der Waals surface area contributed by atoms with Gasteiger partial charge in [-0.3, -0.25) is 9.59 Å². The number of ether oxygens (including phenoxy) is 2. The van der Waals surface area contributed by atoms with Gasteiger partial charge in [0.05, 0.1) is 4.90 Å². The van der Waals surface area contributed by atoms with Crippen molar-refractivity contribution in [2.75, 3.05) is 24.5 Å². The molecule has 1 N–H and O–H groups in total. The third-order valence-corrected chi connectivity index (χ3v) is 9.26. The van der Waals surface area contributed by atoms with Crippen LogP contribution in [0.1, 0.15) is 5.56 Å². The predicted molar refractivity (Wildman–Crippen MR) is 145 cm³/mol. The Morgan fingerprint density at radius 1 is 0.933 bits per heavy atom. The molecule has 1 amide bonds. The smallest absolute Gasteiger partial charge is 0.406 e. The number of aromatic nitrogens is 3. The number of alkyl halides is 6. The minimum absolute atomic E-state index is 0.0213. The summed E-state index contributed by atoms with van der Waals surface area (Å²) in [5, 5.41) is 7.07. The van der Waals surface area contributed by atoms with Gasteiger partial charge in [0.25, 0.3) is 5.56 Å². The fourth-order valence-electron chi connectivity index (χ4n) is 4.37. The van der Waals surface area contributed by atoms with Crippen molar-refractivity contribution >= 4 is 37.4 Å². The number of piperazine rings is 1. The van der Waals surface area contributed by atoms with Crippen molar-refractivity contribution in [2.24, 2.45) is 0 Å². The lowest BCUT2D eigenvalue weighted by Gasteiger charge is -2.39. The molecule has 1 aliphatic rings. The number of fused-ring (bicyclic) bond motifs is 1. The van der Waals surface area contributed by atoms with Gasteiger partial charge in [-0.15, -0.1) is 31.4 Å². The molecule has 1 atom stereocenters. The molecule has 0 aliphatic carbocycles. The second-order valence-corrected chi connectivity index (χ2v) is 12.2. The van der Waals surface area contributed by atoms with Crippen LogP contribution < -0.4 is 25.2 Å². The SMILES string of the molecule is O=C(NCc1ccc(OC(F)(F)F)cc1)[C@H]1CN(c2nn3c(=O)ccnc3s2)CCN1S(=O)(=O)c1ccc(OC(F)(F)F)cc1. The monoisotopic (exact) mass is 678 g/mol. The Balaban J connectivity index is 1.39. The Labute approximate surface area is 253 Å². The standard InChI is InChI=1S/C25H20F6N6O6S2/c26-24(27,28)42-16-3-1-15(2-4-16)13-33-21(39)19-14-35(23-34-37-20(38)9-10-32-22(37)44-23)11-12-36(19)45(40,41)18-7-5-17(6-8-18)43-25(29,30)31/h1-10,19H,11-14H2,(H,33,39)/t19-/m1/s1. The largest absolute Gasteiger partial charge is 0.573 e. The van der Waals surface area contributed by atoms with Crippen molar-refractivity contribution in [1.82, 2.24) is 24.2 Å². The highest BCUT2D eigenvalue weighted by Gasteiger charge is 2.41. The van der Waals surface area contributed by atoms with Crippen molar-refractivity contribution < 1.29 is 49.0 Å². The summed E-state index contributed by atoms with van der Waals surface area (Å²) in [4.78, 5) is 31.2. The van der Waals surface area contributed by atoms with Crippen molar-refractivity contribution in [3.05, 3.63) is 76.7 Å². The lowest BCUT2D eigenvalue weighted by Crippen LogP contribution is -2.60. The molecule has 4 aromatic rings. The molecule has 12 nitrogen and oxygen atoms in total. The van der Waals surface area contributed by atoms with Gasteiger partial charge in [-0.25, -0.2) is 13.4 Å². The number of nitrogens with zero attached hydrogens (tertiary/aromatic N) is 5. The number of carbonyl (C=O) groups excluding carboxylic acids is 1. The summed E-state index contributed by atoms with van der Waals surface area (Å²) in [6, 6.07) is 7.91. The summed E-state index contributed by atoms with van der Waals surface area (Å²) in [5.41, 5.74) is -0.0839. The third kappa shape index (κ3) is 7.63. The molecular weight excluding hydrogens is 658 g/mol. The molecule has 3 heterocycles. The molecule has 1 saturated heterocycles. The van der Waals surface area contributed by atoms with E-state index in [0.717, 1.165) is 56.6 Å². The van der Waals surface area contributed by atoms with Gasteiger partial charge >= 0.3 is 12.7 Å². The number of nitrogens with one attached hydrogen (secondary N) is 1. The topological polar surface area (TPSA) is 135 Å². The van der Waals surface area contributed by atoms with Gasteiger partial charge in [0.1, 0.15) is 17.5 Å². The quantitative estimate of drug-likeness (QED) is 0.279. The summed E-state index contributed by atoms with van der Waals surface area (Å²) >= 11 is 1.03. The number of benzene rings is 2. The van der Waals surface area contributed by atoms with E-state index in [9.17, 15) is 44.3 Å². The Kier molecular flexibility index (Phi) is 8.64. The number of anilines is 1. The Morgan fingerprint density at radius 3 is 2.11 bits per heavy atom. The average Bonchev–Trinajstić information content (AvgIpc) is 3.41. The lowest BCUT2D eigenvalue weighted by atomic mass is 10.2. The van der Waals surface area contributed by atoms with Gasteiger partial charge in [-0.2, -0.15) is 8.82 Å². The maximum atomic E-state index is 13.6. The highest BCUT2D eigenvalue weighted by Crippen LogP contribution is 2.30. The van der Waals surface area contributed by atoms with E-state index in [4.69, 9.17) is 0 Å². The van der Waals surface area contributed by atoms with Crippen molar-refractivity contribution in [3.8, 4) is 11.5 Å². The van der Waals surface area contributed by atoms with Crippen LogP contribution in [0.25, 0.3) is 4.96 Å². The number of carbonyl (C=O) groups is 1. The second kappa shape index (κ2) is 12.2. The maximum Gasteiger partial charge on any atom is 0.573 e. The van der Waals surface area contributed by atoms with E-state index in [1.807, 2.05) is 0 Å². The Bertz CT molecular complexity index is 1850. The minimum atomic E-state index is -4.99. The van der Waals surface area contributed by atoms with Gasteiger partial charge < -0.3 is 19.7 Å². The first-order valence-corrected chi connectivity index (χ1v) is 14.9. The highest BCUT2D eigenvalue weighted by molar-refractivity contribution is 7.89. The zero-order valence-corrected chi connectivity index (χ0v) is 24.1. The molecule has 0 spiro atoms. The average molecular weight is 679 g/mol. The number of hydrogen-bond donors (Lipinski definition) is 1. The zero-order chi connectivity index (χ0) is 32.6. The molecule has 5 rings (SSSR count). The molecule has 1 fully saturated rings. The van der Waals surface area contributed by atoms with E-state index in [1.165, 1.54) is 24.4 Å². The molecule has 2 aromatic heterocycles. The third-order valence-electron chi connectivity index (χ3n) is 6.35. The van der Waals surface area contributed by atoms with E-state index >= 15 is 0 Å². The van der Waals surface area contributed by atoms with Gasteiger partial charge in [0, 0.05) is 38.4 Å². The van der Waals surface area contributed by atoms with E-state index in [0.29, 0.717) is 5.56 Å². The molecule has 2 aromatic carbocycles. The molecule has 0 bridgehead atoms. The van der Waals surface area contributed by atoms with Crippen LogP contribution in [0.15, 0.2) is 70.5 Å². The number of halogens is 6. The minimum Gasteiger partial charge on any atom is -0.406 e. The first-order chi connectivity index (χ1) is 21.1. The molecule has 0 saturated carbocycles. The van der Waals surface area contributed by atoms with Gasteiger partial charge in [-0.1, -0.05) is 23.5 Å². The molecule has 0 radical (unpaired) electrons. The summed E-state index contributed by atoms with van der Waals surface area (Å²) in [6.07, 6.45) is -8.59. The van der Waals surface area contributed by atoms with Crippen molar-refractivity contribution in [1.29, 1.82) is 0 Å².